The molecule has 4 heteroatoms. The first-order valence-electron chi connectivity index (χ1n) is 4.39. The average Bonchev–Trinajstić information content (AvgIpc) is 2.10. The third-order valence-electron chi connectivity index (χ3n) is 2.46. The molecular formula is C10H11ClO2S. The van der Waals surface area contributed by atoms with Gasteiger partial charge < -0.3 is 9.84 Å². The van der Waals surface area contributed by atoms with Gasteiger partial charge in [-0.2, -0.15) is 0 Å². The molecule has 1 unspecified atom stereocenters. The van der Waals surface area contributed by atoms with Gasteiger partial charge in [0.25, 0.3) is 0 Å². The summed E-state index contributed by atoms with van der Waals surface area (Å²) >= 11 is 10.3. The highest BCUT2D eigenvalue weighted by Gasteiger charge is 2.34. The molecule has 0 spiro atoms. The van der Waals surface area contributed by atoms with Gasteiger partial charge in [0.05, 0.1) is 17.2 Å². The Morgan fingerprint density at radius 2 is 2.29 bits per heavy atom. The third kappa shape index (κ3) is 1.49. The zero-order valence-electron chi connectivity index (χ0n) is 7.75. The normalized spacial score (nSPS) is 25.4. The molecule has 1 aromatic carbocycles. The average molecular weight is 231 g/mol. The van der Waals surface area contributed by atoms with Crippen molar-refractivity contribution in [2.45, 2.75) is 23.8 Å². The van der Waals surface area contributed by atoms with Gasteiger partial charge >= 0.3 is 0 Å². The van der Waals surface area contributed by atoms with Crippen LogP contribution in [0.25, 0.3) is 0 Å². The monoisotopic (exact) mass is 230 g/mol. The van der Waals surface area contributed by atoms with E-state index in [-0.39, 0.29) is 0 Å². The molecule has 2 nitrogen and oxygen atoms in total. The number of thiol groups is 1. The van der Waals surface area contributed by atoms with Crippen molar-refractivity contribution in [1.82, 2.24) is 0 Å². The SMILES string of the molecule is CC1(O)CCOc2c(S)ccc(Cl)c21. The van der Waals surface area contributed by atoms with E-state index in [4.69, 9.17) is 16.3 Å². The van der Waals surface area contributed by atoms with Crippen LogP contribution < -0.4 is 4.74 Å². The quantitative estimate of drug-likeness (QED) is 0.671. The van der Waals surface area contributed by atoms with E-state index in [0.717, 1.165) is 0 Å². The fourth-order valence-electron chi connectivity index (χ4n) is 1.67. The van der Waals surface area contributed by atoms with Crippen LogP contribution in [0.15, 0.2) is 17.0 Å². The molecular weight excluding hydrogens is 220 g/mol. The maximum atomic E-state index is 10.1. The topological polar surface area (TPSA) is 29.5 Å². The molecule has 0 aliphatic carbocycles. The van der Waals surface area contributed by atoms with Gasteiger partial charge in [-0.15, -0.1) is 12.6 Å². The van der Waals surface area contributed by atoms with Gasteiger partial charge in [0.2, 0.25) is 0 Å². The molecule has 1 aliphatic rings. The highest BCUT2D eigenvalue weighted by atomic mass is 35.5. The molecule has 14 heavy (non-hydrogen) atoms. The molecule has 0 bridgehead atoms. The van der Waals surface area contributed by atoms with E-state index in [1.807, 2.05) is 0 Å². The molecule has 2 rings (SSSR count). The van der Waals surface area contributed by atoms with Gasteiger partial charge in [0.15, 0.2) is 0 Å². The third-order valence-corrected chi connectivity index (χ3v) is 3.13. The predicted molar refractivity (Wildman–Crippen MR) is 58.4 cm³/mol. The lowest BCUT2D eigenvalue weighted by atomic mass is 9.90. The first-order valence-corrected chi connectivity index (χ1v) is 5.22. The lowest BCUT2D eigenvalue weighted by molar-refractivity contribution is 0.0136. The van der Waals surface area contributed by atoms with Gasteiger partial charge in [-0.05, 0) is 19.1 Å². The maximum absolute atomic E-state index is 10.1. The molecule has 0 saturated heterocycles. The summed E-state index contributed by atoms with van der Waals surface area (Å²) in [7, 11) is 0. The minimum atomic E-state index is -0.913. The van der Waals surface area contributed by atoms with Crippen LogP contribution in [0.1, 0.15) is 18.9 Å². The van der Waals surface area contributed by atoms with E-state index >= 15 is 0 Å². The second kappa shape index (κ2) is 3.33. The fraction of sp³-hybridized carbons (Fsp3) is 0.400. The van der Waals surface area contributed by atoms with Crippen molar-refractivity contribution in [3.8, 4) is 5.75 Å². The summed E-state index contributed by atoms with van der Waals surface area (Å²) in [5.41, 5.74) is -0.262. The molecule has 1 aromatic rings. The van der Waals surface area contributed by atoms with Crippen molar-refractivity contribution in [3.63, 3.8) is 0 Å². The second-order valence-electron chi connectivity index (χ2n) is 3.64. The van der Waals surface area contributed by atoms with E-state index < -0.39 is 5.60 Å². The first-order chi connectivity index (χ1) is 6.52. The maximum Gasteiger partial charge on any atom is 0.140 e. The van der Waals surface area contributed by atoms with Gasteiger partial charge in [-0.3, -0.25) is 0 Å². The number of hydrogen-bond donors (Lipinski definition) is 2. The highest BCUT2D eigenvalue weighted by Crippen LogP contribution is 2.44. The van der Waals surface area contributed by atoms with Crippen molar-refractivity contribution >= 4 is 24.2 Å². The molecule has 1 heterocycles. The van der Waals surface area contributed by atoms with Crippen LogP contribution in [0.5, 0.6) is 5.75 Å². The number of hydrogen-bond acceptors (Lipinski definition) is 3. The van der Waals surface area contributed by atoms with Gasteiger partial charge in [-0.25, -0.2) is 0 Å². The molecule has 0 aromatic heterocycles. The zero-order valence-corrected chi connectivity index (χ0v) is 9.40. The number of ether oxygens (including phenoxy) is 1. The Morgan fingerprint density at radius 1 is 1.57 bits per heavy atom. The van der Waals surface area contributed by atoms with Gasteiger partial charge in [0.1, 0.15) is 5.75 Å². The summed E-state index contributed by atoms with van der Waals surface area (Å²) in [6, 6.07) is 3.50. The van der Waals surface area contributed by atoms with Crippen LogP contribution in [-0.4, -0.2) is 11.7 Å². The van der Waals surface area contributed by atoms with Crippen LogP contribution in [0.3, 0.4) is 0 Å². The number of rotatable bonds is 0. The highest BCUT2D eigenvalue weighted by molar-refractivity contribution is 7.80. The van der Waals surface area contributed by atoms with Crippen molar-refractivity contribution in [1.29, 1.82) is 0 Å². The van der Waals surface area contributed by atoms with Crippen LogP contribution in [0, 0.1) is 0 Å². The summed E-state index contributed by atoms with van der Waals surface area (Å²) in [6.45, 7) is 2.24. The zero-order chi connectivity index (χ0) is 10.3. The molecule has 0 saturated carbocycles. The van der Waals surface area contributed by atoms with E-state index in [9.17, 15) is 5.11 Å². The molecule has 76 valence electrons. The summed E-state index contributed by atoms with van der Waals surface area (Å²) in [5.74, 6) is 0.608. The molecule has 0 amide bonds. The van der Waals surface area contributed by atoms with E-state index in [0.29, 0.717) is 34.3 Å². The summed E-state index contributed by atoms with van der Waals surface area (Å²) in [4.78, 5) is 0.712. The molecule has 0 fully saturated rings. The molecule has 1 aliphatic heterocycles. The Labute approximate surface area is 93.3 Å². The number of halogens is 1. The molecule has 1 atom stereocenters. The summed E-state index contributed by atoms with van der Waals surface area (Å²) in [6.07, 6.45) is 0.553. The standard InChI is InChI=1S/C10H11ClO2S/c1-10(12)4-5-13-9-7(14)3-2-6(11)8(9)10/h2-3,12,14H,4-5H2,1H3. The van der Waals surface area contributed by atoms with E-state index in [1.165, 1.54) is 0 Å². The van der Waals surface area contributed by atoms with Crippen LogP contribution in [-0.2, 0) is 5.60 Å². The lowest BCUT2D eigenvalue weighted by Gasteiger charge is -2.32. The minimum Gasteiger partial charge on any atom is -0.492 e. The van der Waals surface area contributed by atoms with Crippen molar-refractivity contribution in [2.24, 2.45) is 0 Å². The summed E-state index contributed by atoms with van der Waals surface area (Å²) in [5, 5.41) is 10.7. The van der Waals surface area contributed by atoms with E-state index in [2.05, 4.69) is 12.6 Å². The Kier molecular flexibility index (Phi) is 2.41. The molecule has 1 N–H and O–H groups in total. The van der Waals surface area contributed by atoms with Crippen LogP contribution in [0.2, 0.25) is 5.02 Å². The second-order valence-corrected chi connectivity index (χ2v) is 4.53. The Morgan fingerprint density at radius 3 is 2.93 bits per heavy atom. The fourth-order valence-corrected chi connectivity index (χ4v) is 2.28. The summed E-state index contributed by atoms with van der Waals surface area (Å²) < 4.78 is 5.45. The van der Waals surface area contributed by atoms with Crippen molar-refractivity contribution in [2.75, 3.05) is 6.61 Å². The van der Waals surface area contributed by atoms with Crippen molar-refractivity contribution in [3.05, 3.63) is 22.7 Å². The van der Waals surface area contributed by atoms with Gasteiger partial charge in [0, 0.05) is 16.9 Å². The van der Waals surface area contributed by atoms with Gasteiger partial charge in [-0.1, -0.05) is 11.6 Å². The van der Waals surface area contributed by atoms with Crippen LogP contribution >= 0.6 is 24.2 Å². The van der Waals surface area contributed by atoms with E-state index in [1.54, 1.807) is 19.1 Å². The predicted octanol–water partition coefficient (Wildman–Crippen LogP) is 2.62. The number of benzene rings is 1. The largest absolute Gasteiger partial charge is 0.492 e. The number of aliphatic hydroxyl groups is 1. The first kappa shape index (κ1) is 10.1. The Bertz CT molecular complexity index is 377. The van der Waals surface area contributed by atoms with Crippen LogP contribution in [0.4, 0.5) is 0 Å². The Balaban J connectivity index is 2.67. The van der Waals surface area contributed by atoms with Crippen molar-refractivity contribution < 1.29 is 9.84 Å². The Hall–Kier alpha value is -0.380. The minimum absolute atomic E-state index is 0.494. The smallest absolute Gasteiger partial charge is 0.140 e. The lowest BCUT2D eigenvalue weighted by Crippen LogP contribution is -2.30. The number of fused-ring (bicyclic) bond motifs is 1. The molecule has 0 radical (unpaired) electrons.